The van der Waals surface area contributed by atoms with Crippen LogP contribution in [0, 0.1) is 0 Å². The lowest BCUT2D eigenvalue weighted by molar-refractivity contribution is -0.119. The minimum Gasteiger partial charge on any atom is -0.366 e. The number of hydrogen-bond donors (Lipinski definition) is 2. The molecule has 1 aromatic carbocycles. The first-order chi connectivity index (χ1) is 7.59. The Hall–Kier alpha value is -2.30. The predicted molar refractivity (Wildman–Crippen MR) is 61.1 cm³/mol. The number of primary amides is 1. The van der Waals surface area contributed by atoms with E-state index in [1.54, 1.807) is 12.1 Å². The van der Waals surface area contributed by atoms with Crippen LogP contribution >= 0.6 is 0 Å². The average molecular weight is 219 g/mol. The second-order valence-electron chi connectivity index (χ2n) is 3.09. The molecule has 5 heteroatoms. The molecule has 16 heavy (non-hydrogen) atoms. The highest BCUT2D eigenvalue weighted by atomic mass is 16.2. The Bertz CT molecular complexity index is 401. The summed E-state index contributed by atoms with van der Waals surface area (Å²) in [5, 5.41) is 1.42. The fourth-order valence-corrected chi connectivity index (χ4v) is 1.09. The van der Waals surface area contributed by atoms with E-state index in [2.05, 4.69) is 5.43 Å². The lowest BCUT2D eigenvalue weighted by Gasteiger charge is -2.20. The van der Waals surface area contributed by atoms with E-state index in [-0.39, 0.29) is 5.91 Å². The number of nitrogens with two attached hydrogens (primary N) is 1. The third-order valence-electron chi connectivity index (χ3n) is 1.70. The molecule has 0 saturated carbocycles. The van der Waals surface area contributed by atoms with Crippen molar-refractivity contribution in [1.82, 2.24) is 5.43 Å². The van der Waals surface area contributed by atoms with Crippen LogP contribution in [0.5, 0.6) is 0 Å². The minimum absolute atomic E-state index is 0.238. The van der Waals surface area contributed by atoms with Crippen molar-refractivity contribution in [1.29, 1.82) is 0 Å². The molecule has 84 valence electrons. The van der Waals surface area contributed by atoms with Gasteiger partial charge in [-0.2, -0.15) is 0 Å². The summed E-state index contributed by atoms with van der Waals surface area (Å²) in [7, 11) is 0. The molecular weight excluding hydrogens is 206 g/mol. The van der Waals surface area contributed by atoms with E-state index in [0.29, 0.717) is 0 Å². The molecule has 2 amide bonds. The maximum absolute atomic E-state index is 11.0. The van der Waals surface area contributed by atoms with Crippen LogP contribution in [0.25, 0.3) is 0 Å². The molecule has 1 rings (SSSR count). The van der Waals surface area contributed by atoms with E-state index in [1.165, 1.54) is 24.2 Å². The number of amides is 2. The Labute approximate surface area is 93.5 Å². The molecule has 0 unspecified atom stereocenters. The molecule has 0 aliphatic carbocycles. The van der Waals surface area contributed by atoms with E-state index in [1.807, 2.05) is 18.2 Å². The van der Waals surface area contributed by atoms with Crippen molar-refractivity contribution < 1.29 is 9.59 Å². The first-order valence-corrected chi connectivity index (χ1v) is 4.69. The molecule has 0 aromatic heterocycles. The molecule has 3 N–H and O–H groups in total. The van der Waals surface area contributed by atoms with Gasteiger partial charge < -0.3 is 5.73 Å². The van der Waals surface area contributed by atoms with Crippen LogP contribution in [0.4, 0.5) is 5.69 Å². The van der Waals surface area contributed by atoms with Gasteiger partial charge in [-0.25, -0.2) is 0 Å². The number of benzene rings is 1. The van der Waals surface area contributed by atoms with Gasteiger partial charge in [-0.05, 0) is 12.1 Å². The van der Waals surface area contributed by atoms with Gasteiger partial charge in [-0.15, -0.1) is 0 Å². The van der Waals surface area contributed by atoms with Gasteiger partial charge in [0.15, 0.2) is 0 Å². The van der Waals surface area contributed by atoms with E-state index < -0.39 is 5.91 Å². The van der Waals surface area contributed by atoms with E-state index >= 15 is 0 Å². The molecule has 0 fully saturated rings. The molecule has 0 heterocycles. The molecule has 0 atom stereocenters. The molecule has 0 saturated heterocycles. The highest BCUT2D eigenvalue weighted by Gasteiger charge is 2.03. The number of carbonyl (C=O) groups is 2. The average Bonchev–Trinajstić information content (AvgIpc) is 2.25. The molecule has 1 aromatic rings. The van der Waals surface area contributed by atoms with Crippen molar-refractivity contribution in [2.45, 2.75) is 6.92 Å². The Morgan fingerprint density at radius 3 is 2.44 bits per heavy atom. The number of para-hydroxylation sites is 1. The highest BCUT2D eigenvalue weighted by molar-refractivity contribution is 5.86. The molecule has 0 bridgehead atoms. The summed E-state index contributed by atoms with van der Waals surface area (Å²) in [6, 6.07) is 9.08. The summed E-state index contributed by atoms with van der Waals surface area (Å²) >= 11 is 0. The predicted octanol–water partition coefficient (Wildman–Crippen LogP) is 0.543. The zero-order chi connectivity index (χ0) is 12.0. The number of hydrazine groups is 1. The third kappa shape index (κ3) is 3.83. The molecule has 0 radical (unpaired) electrons. The number of rotatable bonds is 4. The summed E-state index contributed by atoms with van der Waals surface area (Å²) in [5.74, 6) is -0.816. The van der Waals surface area contributed by atoms with Crippen molar-refractivity contribution in [2.24, 2.45) is 5.73 Å². The minimum atomic E-state index is -0.578. The van der Waals surface area contributed by atoms with Crippen LogP contribution in [-0.4, -0.2) is 11.8 Å². The summed E-state index contributed by atoms with van der Waals surface area (Å²) in [5.41, 5.74) is 8.27. The van der Waals surface area contributed by atoms with Gasteiger partial charge in [0, 0.05) is 19.2 Å². The highest BCUT2D eigenvalue weighted by Crippen LogP contribution is 2.10. The normalized spacial score (nSPS) is 10.1. The van der Waals surface area contributed by atoms with Crippen molar-refractivity contribution in [3.05, 3.63) is 42.6 Å². The zero-order valence-electron chi connectivity index (χ0n) is 8.88. The largest absolute Gasteiger partial charge is 0.366 e. The van der Waals surface area contributed by atoms with Crippen LogP contribution < -0.4 is 16.2 Å². The van der Waals surface area contributed by atoms with Gasteiger partial charge in [0.2, 0.25) is 11.8 Å². The van der Waals surface area contributed by atoms with Gasteiger partial charge in [0.1, 0.15) is 0 Å². The van der Waals surface area contributed by atoms with Crippen molar-refractivity contribution in [2.75, 3.05) is 5.01 Å². The second-order valence-corrected chi connectivity index (χ2v) is 3.09. The first-order valence-electron chi connectivity index (χ1n) is 4.69. The van der Waals surface area contributed by atoms with Crippen LogP contribution in [0.2, 0.25) is 0 Å². The van der Waals surface area contributed by atoms with Gasteiger partial charge in [-0.3, -0.25) is 20.0 Å². The summed E-state index contributed by atoms with van der Waals surface area (Å²) in [6.45, 7) is 1.38. The Kier molecular flexibility index (Phi) is 4.08. The van der Waals surface area contributed by atoms with E-state index in [9.17, 15) is 9.59 Å². The van der Waals surface area contributed by atoms with Gasteiger partial charge in [0.25, 0.3) is 0 Å². The zero-order valence-corrected chi connectivity index (χ0v) is 8.88. The number of nitrogens with one attached hydrogen (secondary N) is 1. The SMILES string of the molecule is CC(=O)NN(/C=C/C(N)=O)c1ccccc1. The summed E-state index contributed by atoms with van der Waals surface area (Å²) < 4.78 is 0. The first kappa shape index (κ1) is 11.8. The third-order valence-corrected chi connectivity index (χ3v) is 1.70. The Balaban J connectivity index is 2.87. The van der Waals surface area contributed by atoms with Crippen LogP contribution in [0.3, 0.4) is 0 Å². The quantitative estimate of drug-likeness (QED) is 0.573. The summed E-state index contributed by atoms with van der Waals surface area (Å²) in [6.07, 6.45) is 2.57. The Morgan fingerprint density at radius 2 is 1.94 bits per heavy atom. The fraction of sp³-hybridized carbons (Fsp3) is 0.0909. The molecule has 0 aliphatic rings. The maximum Gasteiger partial charge on any atom is 0.242 e. The van der Waals surface area contributed by atoms with Gasteiger partial charge >= 0.3 is 0 Å². The van der Waals surface area contributed by atoms with Gasteiger partial charge in [0.05, 0.1) is 5.69 Å². The second kappa shape index (κ2) is 5.55. The standard InChI is InChI=1S/C11H13N3O2/c1-9(15)13-14(8-7-11(12)16)10-5-3-2-4-6-10/h2-8H,1H3,(H2,12,16)(H,13,15)/b8-7+. The van der Waals surface area contributed by atoms with E-state index in [0.717, 1.165) is 5.69 Å². The van der Waals surface area contributed by atoms with Crippen molar-refractivity contribution in [3.63, 3.8) is 0 Å². The molecular formula is C11H13N3O2. The molecule has 5 nitrogen and oxygen atoms in total. The van der Waals surface area contributed by atoms with Crippen LogP contribution in [0.1, 0.15) is 6.92 Å². The van der Waals surface area contributed by atoms with Crippen molar-refractivity contribution in [3.8, 4) is 0 Å². The maximum atomic E-state index is 11.0. The topological polar surface area (TPSA) is 75.4 Å². The van der Waals surface area contributed by atoms with E-state index in [4.69, 9.17) is 5.73 Å². The van der Waals surface area contributed by atoms with Crippen LogP contribution in [-0.2, 0) is 9.59 Å². The lowest BCUT2D eigenvalue weighted by Crippen LogP contribution is -2.37. The smallest absolute Gasteiger partial charge is 0.242 e. The molecule has 0 aliphatic heterocycles. The number of hydrogen-bond acceptors (Lipinski definition) is 3. The summed E-state index contributed by atoms with van der Waals surface area (Å²) in [4.78, 5) is 21.6. The Morgan fingerprint density at radius 1 is 1.31 bits per heavy atom. The number of nitrogens with zero attached hydrogens (tertiary/aromatic N) is 1. The van der Waals surface area contributed by atoms with Gasteiger partial charge in [-0.1, -0.05) is 18.2 Å². The fourth-order valence-electron chi connectivity index (χ4n) is 1.09. The monoisotopic (exact) mass is 219 g/mol. The number of anilines is 1. The van der Waals surface area contributed by atoms with Crippen LogP contribution in [0.15, 0.2) is 42.6 Å². The number of carbonyl (C=O) groups excluding carboxylic acids is 2. The lowest BCUT2D eigenvalue weighted by atomic mass is 10.3. The molecule has 0 spiro atoms. The van der Waals surface area contributed by atoms with Crippen molar-refractivity contribution >= 4 is 17.5 Å².